The van der Waals surface area contributed by atoms with E-state index in [4.69, 9.17) is 63.3 Å². The summed E-state index contributed by atoms with van der Waals surface area (Å²) in [5, 5.41) is 58.9. The molecule has 0 bridgehead atoms. The summed E-state index contributed by atoms with van der Waals surface area (Å²) in [5.74, 6) is -2.23. The maximum atomic E-state index is 10.1. The van der Waals surface area contributed by atoms with Crippen LogP contribution in [0.25, 0.3) is 0 Å². The Morgan fingerprint density at radius 1 is 0.738 bits per heavy atom. The summed E-state index contributed by atoms with van der Waals surface area (Å²) in [6, 6.07) is 4.45. The number of carboxylic acid groups (broad SMARTS) is 2. The van der Waals surface area contributed by atoms with Crippen molar-refractivity contribution < 1.29 is 49.7 Å². The number of rotatable bonds is 15. The van der Waals surface area contributed by atoms with E-state index in [2.05, 4.69) is 34.4 Å². The average molecular weight is 640 g/mol. The van der Waals surface area contributed by atoms with Gasteiger partial charge in [0.2, 0.25) is 0 Å². The van der Waals surface area contributed by atoms with Gasteiger partial charge in [0.05, 0.1) is 35.7 Å². The van der Waals surface area contributed by atoms with E-state index in [1.807, 2.05) is 14.1 Å². The molecule has 2 aromatic heterocycles. The van der Waals surface area contributed by atoms with E-state index in [9.17, 15) is 9.59 Å². The molecule has 2 aromatic rings. The summed E-state index contributed by atoms with van der Waals surface area (Å²) in [6.07, 6.45) is -0.858. The minimum Gasteiger partial charge on any atom is -0.492 e. The quantitative estimate of drug-likeness (QED) is 0.135. The minimum atomic E-state index is -2.36. The van der Waals surface area contributed by atoms with Gasteiger partial charge in [-0.3, -0.25) is 9.97 Å². The first-order valence-electron chi connectivity index (χ1n) is 12.7. The molecule has 2 rings (SSSR count). The first-order valence-corrected chi connectivity index (χ1v) is 13.5. The number of pyridine rings is 2. The van der Waals surface area contributed by atoms with Crippen molar-refractivity contribution in [3.63, 3.8) is 0 Å². The molecule has 0 saturated heterocycles. The number of nitrogens with one attached hydrogen (secondary N) is 2. The van der Waals surface area contributed by atoms with Gasteiger partial charge in [0.25, 0.3) is 0 Å². The highest BCUT2D eigenvalue weighted by atomic mass is 35.5. The fraction of sp³-hybridized carbons (Fsp3) is 0.538. The summed E-state index contributed by atoms with van der Waals surface area (Å²) >= 11 is 11.5. The Morgan fingerprint density at radius 3 is 1.33 bits per heavy atom. The molecule has 6 atom stereocenters. The standard InChI is InChI=1S/2C10H15ClN2O.C6H10O8/c2*1-8(12-2)3-4-14-10-5-9(11)6-13-7-10;7-1(3(9)5(11)12)2(8)4(10)6(13)14/h2*5-8,12H,3-4H2,1-2H3;1-4,7-10H,(H,11,12)(H,13,14)/t;;1-,2+,3+,4-. The molecular formula is C26H40Cl2N4O10. The van der Waals surface area contributed by atoms with E-state index >= 15 is 0 Å². The second-order valence-electron chi connectivity index (χ2n) is 8.88. The van der Waals surface area contributed by atoms with Crippen molar-refractivity contribution in [1.29, 1.82) is 0 Å². The lowest BCUT2D eigenvalue weighted by molar-refractivity contribution is -0.172. The highest BCUT2D eigenvalue weighted by Crippen LogP contribution is 2.16. The zero-order valence-corrected chi connectivity index (χ0v) is 25.2. The van der Waals surface area contributed by atoms with Gasteiger partial charge in [-0.2, -0.15) is 0 Å². The smallest absolute Gasteiger partial charge is 0.335 e. The van der Waals surface area contributed by atoms with Crippen LogP contribution in [0.15, 0.2) is 36.9 Å². The fourth-order valence-corrected chi connectivity index (χ4v) is 2.93. The highest BCUT2D eigenvalue weighted by Gasteiger charge is 2.37. The van der Waals surface area contributed by atoms with Gasteiger partial charge in [-0.25, -0.2) is 9.59 Å². The second-order valence-corrected chi connectivity index (χ2v) is 9.75. The first-order chi connectivity index (χ1) is 19.7. The predicted octanol–water partition coefficient (Wildman–Crippen LogP) is 0.823. The summed E-state index contributed by atoms with van der Waals surface area (Å²) in [7, 11) is 3.87. The molecule has 0 fully saturated rings. The van der Waals surface area contributed by atoms with Crippen LogP contribution < -0.4 is 20.1 Å². The van der Waals surface area contributed by atoms with Gasteiger partial charge in [0, 0.05) is 36.6 Å². The zero-order valence-electron chi connectivity index (χ0n) is 23.7. The van der Waals surface area contributed by atoms with Crippen molar-refractivity contribution in [1.82, 2.24) is 20.6 Å². The number of ether oxygens (including phenoxy) is 2. The molecule has 0 radical (unpaired) electrons. The first kappa shape index (κ1) is 39.2. The Hall–Kier alpha value is -2.82. The van der Waals surface area contributed by atoms with Gasteiger partial charge >= 0.3 is 11.9 Å². The Balaban J connectivity index is 0.000000600. The monoisotopic (exact) mass is 638 g/mol. The number of aromatic nitrogens is 2. The van der Waals surface area contributed by atoms with Gasteiger partial charge in [0.15, 0.2) is 12.2 Å². The van der Waals surface area contributed by atoms with Gasteiger partial charge in [-0.15, -0.1) is 0 Å². The summed E-state index contributed by atoms with van der Waals surface area (Å²) in [5.41, 5.74) is 0. The molecule has 14 nitrogen and oxygen atoms in total. The Labute approximate surface area is 254 Å². The normalized spacial score (nSPS) is 14.8. The number of carbonyl (C=O) groups is 2. The maximum Gasteiger partial charge on any atom is 0.335 e. The third-order valence-corrected chi connectivity index (χ3v) is 5.90. The van der Waals surface area contributed by atoms with Crippen LogP contribution in [0.1, 0.15) is 26.7 Å². The average Bonchev–Trinajstić information content (AvgIpc) is 2.96. The van der Waals surface area contributed by atoms with Gasteiger partial charge in [-0.05, 0) is 40.8 Å². The van der Waals surface area contributed by atoms with Crippen molar-refractivity contribution in [2.75, 3.05) is 27.3 Å². The molecule has 238 valence electrons. The predicted molar refractivity (Wildman–Crippen MR) is 155 cm³/mol. The third kappa shape index (κ3) is 17.2. The van der Waals surface area contributed by atoms with Crippen molar-refractivity contribution in [2.45, 2.75) is 63.2 Å². The topological polar surface area (TPSA) is 224 Å². The molecule has 0 aliphatic heterocycles. The van der Waals surface area contributed by atoms with E-state index in [1.54, 1.807) is 36.9 Å². The van der Waals surface area contributed by atoms with Gasteiger partial charge in [0.1, 0.15) is 23.7 Å². The Morgan fingerprint density at radius 2 is 1.07 bits per heavy atom. The molecule has 0 aliphatic rings. The number of aliphatic hydroxyl groups is 4. The van der Waals surface area contributed by atoms with Crippen molar-refractivity contribution in [3.8, 4) is 11.5 Å². The number of aliphatic hydroxyl groups excluding tert-OH is 4. The van der Waals surface area contributed by atoms with Crippen LogP contribution in [0.4, 0.5) is 0 Å². The molecule has 0 aliphatic carbocycles. The van der Waals surface area contributed by atoms with Crippen LogP contribution in [-0.2, 0) is 9.59 Å². The Kier molecular flexibility index (Phi) is 20.4. The fourth-order valence-electron chi connectivity index (χ4n) is 2.60. The number of carboxylic acids is 2. The minimum absolute atomic E-state index is 0.460. The van der Waals surface area contributed by atoms with Crippen LogP contribution in [0.3, 0.4) is 0 Å². The van der Waals surface area contributed by atoms with Crippen LogP contribution in [0, 0.1) is 0 Å². The van der Waals surface area contributed by atoms with Crippen LogP contribution >= 0.6 is 23.2 Å². The summed E-state index contributed by atoms with van der Waals surface area (Å²) < 4.78 is 10.9. The van der Waals surface area contributed by atoms with E-state index < -0.39 is 36.4 Å². The second kappa shape index (κ2) is 21.8. The molecule has 2 unspecified atom stereocenters. The number of hydrogen-bond acceptors (Lipinski definition) is 12. The molecular weight excluding hydrogens is 599 g/mol. The number of hydrogen-bond donors (Lipinski definition) is 8. The Bertz CT molecular complexity index is 974. The molecule has 8 N–H and O–H groups in total. The lowest BCUT2D eigenvalue weighted by atomic mass is 10.0. The maximum absolute atomic E-state index is 10.1. The third-order valence-electron chi connectivity index (χ3n) is 5.49. The SMILES string of the molecule is CNC(C)CCOc1cncc(Cl)c1.CNC(C)CCOc1cncc(Cl)c1.O=C(O)[C@@H](O)[C@H](O)[C@H](O)[C@@H](O)C(=O)O. The van der Waals surface area contributed by atoms with Gasteiger partial charge < -0.3 is 50.7 Å². The molecule has 42 heavy (non-hydrogen) atoms. The van der Waals surface area contributed by atoms with Crippen LogP contribution in [-0.4, -0.2) is 116 Å². The molecule has 0 saturated carbocycles. The number of aliphatic carboxylic acids is 2. The molecule has 0 aromatic carbocycles. The van der Waals surface area contributed by atoms with E-state index in [0.717, 1.165) is 24.3 Å². The highest BCUT2D eigenvalue weighted by molar-refractivity contribution is 6.30. The van der Waals surface area contributed by atoms with E-state index in [0.29, 0.717) is 35.3 Å². The lowest BCUT2D eigenvalue weighted by Gasteiger charge is -2.21. The lowest BCUT2D eigenvalue weighted by Crippen LogP contribution is -2.49. The largest absolute Gasteiger partial charge is 0.492 e. The van der Waals surface area contributed by atoms with E-state index in [1.165, 1.54) is 0 Å². The molecule has 0 amide bonds. The van der Waals surface area contributed by atoms with Gasteiger partial charge in [-0.1, -0.05) is 23.2 Å². The van der Waals surface area contributed by atoms with Crippen molar-refractivity contribution in [2.24, 2.45) is 0 Å². The summed E-state index contributed by atoms with van der Waals surface area (Å²) in [4.78, 5) is 28.0. The summed E-state index contributed by atoms with van der Waals surface area (Å²) in [6.45, 7) is 5.56. The van der Waals surface area contributed by atoms with Crippen molar-refractivity contribution >= 4 is 35.1 Å². The molecule has 0 spiro atoms. The molecule has 2 heterocycles. The van der Waals surface area contributed by atoms with E-state index in [-0.39, 0.29) is 0 Å². The van der Waals surface area contributed by atoms with Crippen molar-refractivity contribution in [3.05, 3.63) is 47.0 Å². The van der Waals surface area contributed by atoms with Crippen LogP contribution in [0.5, 0.6) is 11.5 Å². The van der Waals surface area contributed by atoms with Crippen LogP contribution in [0.2, 0.25) is 10.0 Å². The number of nitrogens with zero attached hydrogens (tertiary/aromatic N) is 2. The zero-order chi connectivity index (χ0) is 32.2. The number of halogens is 2. The molecule has 16 heteroatoms.